The molecule has 0 spiro atoms. The fourth-order valence-electron chi connectivity index (χ4n) is 2.46. The van der Waals surface area contributed by atoms with E-state index in [1.807, 2.05) is 0 Å². The van der Waals surface area contributed by atoms with Crippen molar-refractivity contribution >= 4 is 23.3 Å². The molecule has 0 heterocycles. The molecule has 0 saturated carbocycles. The summed E-state index contributed by atoms with van der Waals surface area (Å²) < 4.78 is 9.86. The summed E-state index contributed by atoms with van der Waals surface area (Å²) >= 11 is 0. The minimum absolute atomic E-state index is 0.123. The maximum atomic E-state index is 12.6. The molecule has 1 rings (SSSR count). The van der Waals surface area contributed by atoms with E-state index in [1.165, 1.54) is 25.0 Å². The molecule has 1 aromatic carbocycles. The van der Waals surface area contributed by atoms with Crippen molar-refractivity contribution in [2.45, 2.75) is 33.7 Å². The van der Waals surface area contributed by atoms with Gasteiger partial charge in [0.15, 0.2) is 0 Å². The summed E-state index contributed by atoms with van der Waals surface area (Å²) in [6, 6.07) is 1.98. The number of rotatable bonds is 7. The molecule has 1 unspecified atom stereocenters. The summed E-state index contributed by atoms with van der Waals surface area (Å²) in [7, 11) is 1.22. The summed E-state index contributed by atoms with van der Waals surface area (Å²) in [6.07, 6.45) is 0. The van der Waals surface area contributed by atoms with Gasteiger partial charge in [0.25, 0.3) is 11.6 Å². The van der Waals surface area contributed by atoms with Crippen LogP contribution in [-0.4, -0.2) is 43.2 Å². The van der Waals surface area contributed by atoms with Crippen molar-refractivity contribution in [1.82, 2.24) is 0 Å². The van der Waals surface area contributed by atoms with Crippen LogP contribution in [0.5, 0.6) is 0 Å². The summed E-state index contributed by atoms with van der Waals surface area (Å²) in [5.74, 6) is -1.09. The Morgan fingerprint density at radius 1 is 1.33 bits per heavy atom. The Morgan fingerprint density at radius 3 is 2.46 bits per heavy atom. The van der Waals surface area contributed by atoms with Crippen LogP contribution in [0, 0.1) is 24.0 Å². The number of esters is 1. The van der Waals surface area contributed by atoms with Gasteiger partial charge in [-0.1, -0.05) is 6.07 Å². The summed E-state index contributed by atoms with van der Waals surface area (Å²) in [4.78, 5) is 36.4. The van der Waals surface area contributed by atoms with Crippen LogP contribution < -0.4 is 4.90 Å². The number of aryl methyl sites for hydroxylation is 1. The quantitative estimate of drug-likeness (QED) is 0.429. The number of hydrogen-bond acceptors (Lipinski definition) is 6. The van der Waals surface area contributed by atoms with Crippen molar-refractivity contribution in [3.8, 4) is 0 Å². The van der Waals surface area contributed by atoms with Crippen LogP contribution in [0.2, 0.25) is 0 Å². The number of amides is 1. The summed E-state index contributed by atoms with van der Waals surface area (Å²) in [5, 5.41) is 11.2. The predicted octanol–water partition coefficient (Wildman–Crippen LogP) is 2.14. The van der Waals surface area contributed by atoms with Gasteiger partial charge in [-0.3, -0.25) is 19.8 Å². The smallest absolute Gasteiger partial charge is 0.328 e. The second kappa shape index (κ2) is 8.39. The third-order valence-corrected chi connectivity index (χ3v) is 3.67. The molecule has 0 bridgehead atoms. The van der Waals surface area contributed by atoms with Gasteiger partial charge in [-0.15, -0.1) is 0 Å². The topological polar surface area (TPSA) is 99.0 Å². The number of carbonyl (C=O) groups is 2. The molecule has 0 aliphatic carbocycles. The van der Waals surface area contributed by atoms with Crippen molar-refractivity contribution < 1.29 is 24.0 Å². The largest absolute Gasteiger partial charge is 0.467 e. The minimum Gasteiger partial charge on any atom is -0.467 e. The zero-order valence-electron chi connectivity index (χ0n) is 14.5. The molecule has 8 heteroatoms. The van der Waals surface area contributed by atoms with Crippen LogP contribution in [-0.2, 0) is 19.1 Å². The zero-order valence-corrected chi connectivity index (χ0v) is 14.5. The van der Waals surface area contributed by atoms with Crippen molar-refractivity contribution in [3.63, 3.8) is 0 Å². The molecule has 1 aromatic rings. The van der Waals surface area contributed by atoms with Gasteiger partial charge >= 0.3 is 5.97 Å². The Labute approximate surface area is 140 Å². The molecule has 0 aliphatic heterocycles. The first-order valence-corrected chi connectivity index (χ1v) is 7.48. The predicted molar refractivity (Wildman–Crippen MR) is 88.0 cm³/mol. The van der Waals surface area contributed by atoms with Crippen LogP contribution in [0.15, 0.2) is 12.1 Å². The number of hydrogen-bond donors (Lipinski definition) is 0. The zero-order chi connectivity index (χ0) is 18.4. The van der Waals surface area contributed by atoms with Crippen molar-refractivity contribution in [2.75, 3.05) is 25.2 Å². The number of anilines is 1. The Morgan fingerprint density at radius 2 is 1.96 bits per heavy atom. The first kappa shape index (κ1) is 19.6. The van der Waals surface area contributed by atoms with Crippen LogP contribution in [0.1, 0.15) is 25.0 Å². The second-order valence-electron chi connectivity index (χ2n) is 5.23. The SMILES string of the molecule is CCOCC(=O)N(c1c(C)ccc([N+](=O)[O-])c1C)C(C)C(=O)OC. The van der Waals surface area contributed by atoms with Crippen LogP contribution in [0.3, 0.4) is 0 Å². The lowest BCUT2D eigenvalue weighted by Gasteiger charge is -2.30. The van der Waals surface area contributed by atoms with Gasteiger partial charge < -0.3 is 9.47 Å². The average molecular weight is 338 g/mol. The minimum atomic E-state index is -0.942. The van der Waals surface area contributed by atoms with E-state index < -0.39 is 22.8 Å². The number of carbonyl (C=O) groups excluding carboxylic acids is 2. The van der Waals surface area contributed by atoms with Gasteiger partial charge in [-0.2, -0.15) is 0 Å². The molecule has 0 saturated heterocycles. The lowest BCUT2D eigenvalue weighted by atomic mass is 10.0. The number of nitro groups is 1. The standard InChI is InChI=1S/C16H22N2O6/c1-6-24-9-14(19)17(12(4)16(20)23-5)15-10(2)7-8-13(11(15)3)18(21)22/h7-8,12H,6,9H2,1-5H3. The van der Waals surface area contributed by atoms with Crippen LogP contribution in [0.25, 0.3) is 0 Å². The Hall–Kier alpha value is -2.48. The number of nitro benzene ring substituents is 1. The average Bonchev–Trinajstić information content (AvgIpc) is 2.54. The van der Waals surface area contributed by atoms with Crippen molar-refractivity contribution in [3.05, 3.63) is 33.4 Å². The highest BCUT2D eigenvalue weighted by Crippen LogP contribution is 2.33. The molecule has 0 aliphatic rings. The van der Waals surface area contributed by atoms with Gasteiger partial charge in [0, 0.05) is 12.7 Å². The van der Waals surface area contributed by atoms with Crippen LogP contribution >= 0.6 is 0 Å². The molecule has 8 nitrogen and oxygen atoms in total. The lowest BCUT2D eigenvalue weighted by Crippen LogP contribution is -2.46. The highest BCUT2D eigenvalue weighted by atomic mass is 16.6. The normalized spacial score (nSPS) is 11.7. The molecular formula is C16H22N2O6. The van der Waals surface area contributed by atoms with Gasteiger partial charge in [-0.05, 0) is 33.3 Å². The summed E-state index contributed by atoms with van der Waals surface area (Å²) in [6.45, 7) is 6.61. The van der Waals surface area contributed by atoms with E-state index in [0.29, 0.717) is 23.4 Å². The molecule has 24 heavy (non-hydrogen) atoms. The van der Waals surface area contributed by atoms with Gasteiger partial charge in [0.05, 0.1) is 23.3 Å². The lowest BCUT2D eigenvalue weighted by molar-refractivity contribution is -0.385. The van der Waals surface area contributed by atoms with Crippen molar-refractivity contribution in [2.24, 2.45) is 0 Å². The monoisotopic (exact) mass is 338 g/mol. The number of methoxy groups -OCH3 is 1. The molecule has 1 atom stereocenters. The Kier molecular flexibility index (Phi) is 6.84. The second-order valence-corrected chi connectivity index (χ2v) is 5.23. The van der Waals surface area contributed by atoms with E-state index in [-0.39, 0.29) is 12.3 Å². The van der Waals surface area contributed by atoms with E-state index >= 15 is 0 Å². The Bertz CT molecular complexity index is 644. The molecular weight excluding hydrogens is 316 g/mol. The van der Waals surface area contributed by atoms with Gasteiger partial charge in [0.2, 0.25) is 0 Å². The molecule has 1 amide bonds. The number of benzene rings is 1. The first-order valence-electron chi connectivity index (χ1n) is 7.48. The molecule has 0 radical (unpaired) electrons. The van der Waals surface area contributed by atoms with E-state index in [4.69, 9.17) is 9.47 Å². The van der Waals surface area contributed by atoms with E-state index in [1.54, 1.807) is 26.8 Å². The third kappa shape index (κ3) is 4.08. The molecule has 0 fully saturated rings. The maximum Gasteiger partial charge on any atom is 0.328 e. The molecule has 132 valence electrons. The van der Waals surface area contributed by atoms with E-state index in [0.717, 1.165) is 0 Å². The third-order valence-electron chi connectivity index (χ3n) is 3.67. The Balaban J connectivity index is 3.49. The van der Waals surface area contributed by atoms with Crippen molar-refractivity contribution in [1.29, 1.82) is 0 Å². The summed E-state index contributed by atoms with van der Waals surface area (Å²) in [5.41, 5.74) is 1.15. The van der Waals surface area contributed by atoms with Crippen LogP contribution in [0.4, 0.5) is 11.4 Å². The highest BCUT2D eigenvalue weighted by Gasteiger charge is 2.32. The fourth-order valence-corrected chi connectivity index (χ4v) is 2.46. The van der Waals surface area contributed by atoms with E-state index in [9.17, 15) is 19.7 Å². The fraction of sp³-hybridized carbons (Fsp3) is 0.500. The highest BCUT2D eigenvalue weighted by molar-refractivity contribution is 6.01. The molecule has 0 N–H and O–H groups in total. The van der Waals surface area contributed by atoms with Gasteiger partial charge in [-0.25, -0.2) is 4.79 Å². The van der Waals surface area contributed by atoms with Gasteiger partial charge in [0.1, 0.15) is 12.6 Å². The number of ether oxygens (including phenoxy) is 2. The van der Waals surface area contributed by atoms with E-state index in [2.05, 4.69) is 0 Å². The first-order chi connectivity index (χ1) is 11.3. The maximum absolute atomic E-state index is 12.6. The molecule has 0 aromatic heterocycles. The number of nitrogens with zero attached hydrogens (tertiary/aromatic N) is 2.